The van der Waals surface area contributed by atoms with Crippen molar-refractivity contribution >= 4 is 29.2 Å². The first kappa shape index (κ1) is 20.6. The van der Waals surface area contributed by atoms with Gasteiger partial charge in [-0.25, -0.2) is 0 Å². The molecule has 0 unspecified atom stereocenters. The third-order valence-electron chi connectivity index (χ3n) is 5.18. The van der Waals surface area contributed by atoms with Gasteiger partial charge in [-0.15, -0.1) is 0 Å². The second-order valence-corrected chi connectivity index (χ2v) is 7.66. The van der Waals surface area contributed by atoms with Crippen molar-refractivity contribution in [3.63, 3.8) is 0 Å². The molecule has 1 aliphatic rings. The van der Waals surface area contributed by atoms with Crippen LogP contribution in [0.5, 0.6) is 0 Å². The smallest absolute Gasteiger partial charge is 0.311 e. The summed E-state index contributed by atoms with van der Waals surface area (Å²) >= 11 is 0. The number of benzene rings is 2. The molecule has 1 fully saturated rings. The van der Waals surface area contributed by atoms with Gasteiger partial charge in [-0.05, 0) is 68.1 Å². The van der Waals surface area contributed by atoms with Crippen molar-refractivity contribution < 1.29 is 19.1 Å². The number of hydrogen-bond acceptors (Lipinski definition) is 4. The van der Waals surface area contributed by atoms with Gasteiger partial charge in [0.1, 0.15) is 0 Å². The lowest BCUT2D eigenvalue weighted by atomic mass is 10.1. The molecule has 0 radical (unpaired) electrons. The predicted octanol–water partition coefficient (Wildman–Crippen LogP) is 3.46. The molecular weight excluding hydrogens is 368 g/mol. The van der Waals surface area contributed by atoms with Gasteiger partial charge in [0.25, 0.3) is 5.91 Å². The fraction of sp³-hybridized carbons (Fsp3) is 0.348. The Kier molecular flexibility index (Phi) is 6.01. The molecule has 2 aromatic rings. The zero-order valence-electron chi connectivity index (χ0n) is 17.2. The number of nitrogens with zero attached hydrogens (tertiary/aromatic N) is 1. The molecule has 29 heavy (non-hydrogen) atoms. The molecule has 1 heterocycles. The molecule has 152 valence electrons. The maximum absolute atomic E-state index is 12.4. The van der Waals surface area contributed by atoms with E-state index in [-0.39, 0.29) is 25.5 Å². The van der Waals surface area contributed by atoms with E-state index in [1.165, 1.54) is 0 Å². The van der Waals surface area contributed by atoms with Crippen LogP contribution in [0.4, 0.5) is 11.4 Å². The maximum atomic E-state index is 12.4. The number of rotatable bonds is 5. The van der Waals surface area contributed by atoms with Crippen LogP contribution in [-0.2, 0) is 19.1 Å². The van der Waals surface area contributed by atoms with E-state index in [0.29, 0.717) is 5.69 Å². The average Bonchev–Trinajstić information content (AvgIpc) is 3.03. The summed E-state index contributed by atoms with van der Waals surface area (Å²) in [5.41, 5.74) is 5.66. The lowest BCUT2D eigenvalue weighted by Crippen LogP contribution is -2.28. The number of carbonyl (C=O) groups excluding carboxylic acids is 3. The van der Waals surface area contributed by atoms with Gasteiger partial charge in [0.05, 0.1) is 5.92 Å². The van der Waals surface area contributed by atoms with Crippen molar-refractivity contribution in [1.82, 2.24) is 0 Å². The molecule has 0 spiro atoms. The Morgan fingerprint density at radius 3 is 2.48 bits per heavy atom. The number of ether oxygens (including phenoxy) is 1. The number of anilines is 2. The van der Waals surface area contributed by atoms with E-state index in [9.17, 15) is 14.4 Å². The molecule has 3 rings (SSSR count). The normalized spacial score (nSPS) is 16.1. The fourth-order valence-corrected chi connectivity index (χ4v) is 3.62. The number of aryl methyl sites for hydroxylation is 3. The summed E-state index contributed by atoms with van der Waals surface area (Å²) in [4.78, 5) is 38.6. The Bertz CT molecular complexity index is 947. The van der Waals surface area contributed by atoms with Crippen LogP contribution in [0.2, 0.25) is 0 Å². The predicted molar refractivity (Wildman–Crippen MR) is 112 cm³/mol. The molecule has 1 atom stereocenters. The van der Waals surface area contributed by atoms with E-state index in [1.54, 1.807) is 4.90 Å². The van der Waals surface area contributed by atoms with E-state index in [4.69, 9.17) is 4.74 Å². The third-order valence-corrected chi connectivity index (χ3v) is 5.18. The van der Waals surface area contributed by atoms with Gasteiger partial charge < -0.3 is 15.0 Å². The molecule has 2 aromatic carbocycles. The topological polar surface area (TPSA) is 75.7 Å². The van der Waals surface area contributed by atoms with Crippen molar-refractivity contribution in [2.75, 3.05) is 23.4 Å². The fourth-order valence-electron chi connectivity index (χ4n) is 3.62. The zero-order chi connectivity index (χ0) is 21.1. The molecule has 1 N–H and O–H groups in total. The number of esters is 1. The molecule has 2 amide bonds. The summed E-state index contributed by atoms with van der Waals surface area (Å²) in [6, 6.07) is 11.5. The molecular formula is C23H26N2O4. The van der Waals surface area contributed by atoms with Crippen molar-refractivity contribution in [2.24, 2.45) is 5.92 Å². The largest absolute Gasteiger partial charge is 0.455 e. The molecule has 0 aliphatic carbocycles. The lowest BCUT2D eigenvalue weighted by Gasteiger charge is -2.20. The SMILES string of the molecule is Cc1cc(C)cc(NC(=O)COC(=O)[C@H]2CC(=O)N(c3cccc(C)c3C)C2)c1. The standard InChI is InChI=1S/C23H26N2O4/c1-14-8-15(2)10-19(9-14)24-21(26)13-29-23(28)18-11-22(27)25(12-18)20-7-5-6-16(3)17(20)4/h5-10,18H,11-13H2,1-4H3,(H,24,26)/t18-/m0/s1. The highest BCUT2D eigenvalue weighted by Gasteiger charge is 2.37. The van der Waals surface area contributed by atoms with Gasteiger partial charge in [-0.3, -0.25) is 14.4 Å². The average molecular weight is 394 g/mol. The summed E-state index contributed by atoms with van der Waals surface area (Å²) in [7, 11) is 0. The Balaban J connectivity index is 1.56. The molecule has 1 saturated heterocycles. The second kappa shape index (κ2) is 8.47. The monoisotopic (exact) mass is 394 g/mol. The van der Waals surface area contributed by atoms with Gasteiger partial charge >= 0.3 is 5.97 Å². The van der Waals surface area contributed by atoms with Gasteiger partial charge in [0, 0.05) is 24.3 Å². The highest BCUT2D eigenvalue weighted by Crippen LogP contribution is 2.29. The first-order chi connectivity index (χ1) is 13.7. The van der Waals surface area contributed by atoms with Gasteiger partial charge in [-0.2, -0.15) is 0 Å². The Morgan fingerprint density at radius 2 is 1.79 bits per heavy atom. The van der Waals surface area contributed by atoms with Crippen LogP contribution in [0.1, 0.15) is 28.7 Å². The first-order valence-corrected chi connectivity index (χ1v) is 9.66. The van der Waals surface area contributed by atoms with E-state index in [1.807, 2.05) is 64.1 Å². The summed E-state index contributed by atoms with van der Waals surface area (Å²) in [5, 5.41) is 2.73. The molecule has 1 aliphatic heterocycles. The highest BCUT2D eigenvalue weighted by atomic mass is 16.5. The third kappa shape index (κ3) is 4.83. The van der Waals surface area contributed by atoms with Crippen LogP contribution in [0.3, 0.4) is 0 Å². The number of nitrogens with one attached hydrogen (secondary N) is 1. The molecule has 0 aromatic heterocycles. The highest BCUT2D eigenvalue weighted by molar-refractivity contribution is 6.00. The second-order valence-electron chi connectivity index (χ2n) is 7.66. The minimum Gasteiger partial charge on any atom is -0.455 e. The summed E-state index contributed by atoms with van der Waals surface area (Å²) in [5.74, 6) is -1.61. The Morgan fingerprint density at radius 1 is 1.10 bits per heavy atom. The molecule has 0 bridgehead atoms. The van der Waals surface area contributed by atoms with Crippen molar-refractivity contribution in [1.29, 1.82) is 0 Å². The van der Waals surface area contributed by atoms with Crippen LogP contribution in [0.25, 0.3) is 0 Å². The number of carbonyl (C=O) groups is 3. The van der Waals surface area contributed by atoms with Crippen LogP contribution in [-0.4, -0.2) is 30.9 Å². The summed E-state index contributed by atoms with van der Waals surface area (Å²) in [6.07, 6.45) is 0.0882. The van der Waals surface area contributed by atoms with E-state index >= 15 is 0 Å². The zero-order valence-corrected chi connectivity index (χ0v) is 17.2. The minimum absolute atomic E-state index is 0.0882. The van der Waals surface area contributed by atoms with Gasteiger partial charge in [0.15, 0.2) is 6.61 Å². The van der Waals surface area contributed by atoms with Crippen LogP contribution >= 0.6 is 0 Å². The molecule has 0 saturated carbocycles. The van der Waals surface area contributed by atoms with Crippen molar-refractivity contribution in [3.05, 3.63) is 58.7 Å². The number of hydrogen-bond donors (Lipinski definition) is 1. The summed E-state index contributed by atoms with van der Waals surface area (Å²) in [6.45, 7) is 7.73. The van der Waals surface area contributed by atoms with Gasteiger partial charge in [0.2, 0.25) is 5.91 Å². The van der Waals surface area contributed by atoms with Crippen LogP contribution < -0.4 is 10.2 Å². The molecule has 6 nitrogen and oxygen atoms in total. The first-order valence-electron chi connectivity index (χ1n) is 9.66. The lowest BCUT2D eigenvalue weighted by molar-refractivity contribution is -0.151. The molecule has 6 heteroatoms. The minimum atomic E-state index is -0.573. The van der Waals surface area contributed by atoms with E-state index < -0.39 is 17.8 Å². The Hall–Kier alpha value is -3.15. The van der Waals surface area contributed by atoms with Crippen molar-refractivity contribution in [2.45, 2.75) is 34.1 Å². The maximum Gasteiger partial charge on any atom is 0.311 e. The van der Waals surface area contributed by atoms with Crippen molar-refractivity contribution in [3.8, 4) is 0 Å². The summed E-state index contributed by atoms with van der Waals surface area (Å²) < 4.78 is 5.18. The Labute approximate surface area is 170 Å². The van der Waals surface area contributed by atoms with E-state index in [2.05, 4.69) is 5.32 Å². The quantitative estimate of drug-likeness (QED) is 0.788. The van der Waals surface area contributed by atoms with Crippen LogP contribution in [0.15, 0.2) is 36.4 Å². The van der Waals surface area contributed by atoms with Crippen LogP contribution in [0, 0.1) is 33.6 Å². The number of amides is 2. The van der Waals surface area contributed by atoms with Gasteiger partial charge in [-0.1, -0.05) is 18.2 Å². The van der Waals surface area contributed by atoms with E-state index in [0.717, 1.165) is 27.9 Å².